The molecule has 0 amide bonds. The molecular formula is C21H27N5O3. The van der Waals surface area contributed by atoms with Crippen molar-refractivity contribution in [3.05, 3.63) is 47.3 Å². The minimum absolute atomic E-state index is 0.242. The summed E-state index contributed by atoms with van der Waals surface area (Å²) >= 11 is 0. The van der Waals surface area contributed by atoms with Crippen molar-refractivity contribution in [2.45, 2.75) is 26.7 Å². The maximum atomic E-state index is 11.7. The lowest BCUT2D eigenvalue weighted by Gasteiger charge is -2.28. The van der Waals surface area contributed by atoms with Crippen LogP contribution in [-0.2, 0) is 20.7 Å². The maximum Gasteiger partial charge on any atom is 0.306 e. The third-order valence-corrected chi connectivity index (χ3v) is 4.39. The molecule has 1 saturated heterocycles. The van der Waals surface area contributed by atoms with Crippen LogP contribution in [0.4, 0.5) is 11.6 Å². The maximum absolute atomic E-state index is 11.7. The zero-order valence-corrected chi connectivity index (χ0v) is 16.9. The highest BCUT2D eigenvalue weighted by molar-refractivity contribution is 5.80. The number of esters is 1. The molecule has 2 aromatic rings. The summed E-state index contributed by atoms with van der Waals surface area (Å²) in [6, 6.07) is 9.94. The summed E-state index contributed by atoms with van der Waals surface area (Å²) in [6.45, 7) is 7.06. The number of carbonyl (C=O) groups excluding carboxylic acids is 1. The number of anilines is 2. The number of rotatable bonds is 8. The number of hydrazone groups is 1. The summed E-state index contributed by atoms with van der Waals surface area (Å²) < 4.78 is 10.4. The highest BCUT2D eigenvalue weighted by atomic mass is 16.5. The average molecular weight is 397 g/mol. The number of morpholine rings is 1. The molecule has 1 aromatic carbocycles. The molecule has 0 saturated carbocycles. The van der Waals surface area contributed by atoms with Crippen molar-refractivity contribution in [3.63, 3.8) is 0 Å². The fraction of sp³-hybridized carbons (Fsp3) is 0.429. The first-order valence-electron chi connectivity index (χ1n) is 9.86. The average Bonchev–Trinajstić information content (AvgIpc) is 2.73. The highest BCUT2D eigenvalue weighted by Gasteiger charge is 2.15. The minimum Gasteiger partial charge on any atom is -0.466 e. The van der Waals surface area contributed by atoms with Crippen molar-refractivity contribution < 1.29 is 14.3 Å². The quantitative estimate of drug-likeness (QED) is 0.416. The molecule has 29 heavy (non-hydrogen) atoms. The molecule has 3 rings (SSSR count). The lowest BCUT2D eigenvalue weighted by atomic mass is 10.2. The van der Waals surface area contributed by atoms with Crippen LogP contribution >= 0.6 is 0 Å². The predicted octanol–water partition coefficient (Wildman–Crippen LogP) is 2.56. The molecule has 1 N–H and O–H groups in total. The zero-order valence-electron chi connectivity index (χ0n) is 16.9. The van der Waals surface area contributed by atoms with E-state index in [-0.39, 0.29) is 12.4 Å². The zero-order chi connectivity index (χ0) is 20.5. The van der Waals surface area contributed by atoms with Crippen LogP contribution in [0.5, 0.6) is 0 Å². The van der Waals surface area contributed by atoms with Gasteiger partial charge in [-0.2, -0.15) is 5.10 Å². The third kappa shape index (κ3) is 6.53. The number of hydrogen-bond donors (Lipinski definition) is 1. The molecule has 0 unspecified atom stereocenters. The number of benzene rings is 1. The van der Waals surface area contributed by atoms with Crippen LogP contribution in [0.1, 0.15) is 30.3 Å². The Morgan fingerprint density at radius 1 is 1.31 bits per heavy atom. The van der Waals surface area contributed by atoms with Gasteiger partial charge >= 0.3 is 5.97 Å². The standard InChI is InChI=1S/C21H27N5O3/c1-3-29-21(27)8-7-18-23-19(14-20(24-18)26-9-11-28-12-10-26)25-22-15-17-6-4-5-16(2)13-17/h4-6,13-15H,3,7-12H2,1-2H3,(H,23,24,25). The van der Waals surface area contributed by atoms with E-state index in [1.54, 1.807) is 13.1 Å². The Kier molecular flexibility index (Phi) is 7.52. The van der Waals surface area contributed by atoms with E-state index in [1.165, 1.54) is 5.56 Å². The van der Waals surface area contributed by atoms with E-state index in [4.69, 9.17) is 9.47 Å². The Hall–Kier alpha value is -3.00. The molecule has 0 atom stereocenters. The molecule has 2 heterocycles. The minimum atomic E-state index is -0.250. The van der Waals surface area contributed by atoms with Gasteiger partial charge in [-0.15, -0.1) is 0 Å². The van der Waals surface area contributed by atoms with E-state index in [1.807, 2.05) is 31.2 Å². The van der Waals surface area contributed by atoms with Gasteiger partial charge in [0.05, 0.1) is 32.5 Å². The molecule has 154 valence electrons. The van der Waals surface area contributed by atoms with Gasteiger partial charge in [0.25, 0.3) is 0 Å². The molecule has 8 heteroatoms. The number of nitrogens with one attached hydrogen (secondary N) is 1. The van der Waals surface area contributed by atoms with Gasteiger partial charge in [0.1, 0.15) is 11.6 Å². The predicted molar refractivity (Wildman–Crippen MR) is 112 cm³/mol. The molecule has 8 nitrogen and oxygen atoms in total. The van der Waals surface area contributed by atoms with E-state index in [0.717, 1.165) is 24.5 Å². The summed E-state index contributed by atoms with van der Waals surface area (Å²) in [5.41, 5.74) is 5.16. The van der Waals surface area contributed by atoms with Gasteiger partial charge in [-0.05, 0) is 19.4 Å². The molecule has 1 aliphatic heterocycles. The topological polar surface area (TPSA) is 88.9 Å². The second kappa shape index (κ2) is 10.5. The number of nitrogens with zero attached hydrogens (tertiary/aromatic N) is 4. The van der Waals surface area contributed by atoms with Crippen molar-refractivity contribution in [1.29, 1.82) is 0 Å². The third-order valence-electron chi connectivity index (χ3n) is 4.39. The number of aryl methyl sites for hydroxylation is 2. The van der Waals surface area contributed by atoms with Crippen LogP contribution in [0.2, 0.25) is 0 Å². The largest absolute Gasteiger partial charge is 0.466 e. The number of ether oxygens (including phenoxy) is 2. The van der Waals surface area contributed by atoms with Crippen molar-refractivity contribution in [3.8, 4) is 0 Å². The monoisotopic (exact) mass is 397 g/mol. The lowest BCUT2D eigenvalue weighted by Crippen LogP contribution is -2.37. The van der Waals surface area contributed by atoms with Gasteiger partial charge in [-0.25, -0.2) is 9.97 Å². The van der Waals surface area contributed by atoms with Crippen LogP contribution in [0.3, 0.4) is 0 Å². The first kappa shape index (κ1) is 20.7. The van der Waals surface area contributed by atoms with Crippen molar-refractivity contribution in [2.75, 3.05) is 43.2 Å². The first-order valence-corrected chi connectivity index (χ1v) is 9.86. The summed E-state index contributed by atoms with van der Waals surface area (Å²) in [4.78, 5) is 23.0. The lowest BCUT2D eigenvalue weighted by molar-refractivity contribution is -0.143. The van der Waals surface area contributed by atoms with Crippen LogP contribution in [-0.4, -0.2) is 55.1 Å². The fourth-order valence-electron chi connectivity index (χ4n) is 2.98. The van der Waals surface area contributed by atoms with E-state index in [0.29, 0.717) is 37.9 Å². The summed E-state index contributed by atoms with van der Waals surface area (Å²) in [5.74, 6) is 1.72. The van der Waals surface area contributed by atoms with Gasteiger partial charge in [-0.3, -0.25) is 10.2 Å². The van der Waals surface area contributed by atoms with Crippen LogP contribution < -0.4 is 10.3 Å². The number of hydrogen-bond acceptors (Lipinski definition) is 8. The van der Waals surface area contributed by atoms with E-state index in [9.17, 15) is 4.79 Å². The Morgan fingerprint density at radius 3 is 2.90 bits per heavy atom. The Morgan fingerprint density at radius 2 is 2.14 bits per heavy atom. The summed E-state index contributed by atoms with van der Waals surface area (Å²) in [7, 11) is 0. The van der Waals surface area contributed by atoms with Crippen LogP contribution in [0, 0.1) is 6.92 Å². The normalized spacial score (nSPS) is 14.2. The Balaban J connectivity index is 1.74. The molecule has 1 aromatic heterocycles. The van der Waals surface area contributed by atoms with E-state index < -0.39 is 0 Å². The van der Waals surface area contributed by atoms with Crippen molar-refractivity contribution >= 4 is 23.8 Å². The summed E-state index contributed by atoms with van der Waals surface area (Å²) in [5, 5.41) is 4.30. The molecule has 0 radical (unpaired) electrons. The number of carbonyl (C=O) groups is 1. The Bertz CT molecular complexity index is 850. The van der Waals surface area contributed by atoms with Crippen molar-refractivity contribution in [1.82, 2.24) is 9.97 Å². The SMILES string of the molecule is CCOC(=O)CCc1nc(NN=Cc2cccc(C)c2)cc(N2CCOCC2)n1. The van der Waals surface area contributed by atoms with E-state index in [2.05, 4.69) is 31.5 Å². The molecule has 1 fully saturated rings. The number of aromatic nitrogens is 2. The van der Waals surface area contributed by atoms with Crippen molar-refractivity contribution in [2.24, 2.45) is 5.10 Å². The van der Waals surface area contributed by atoms with Gasteiger partial charge in [0.2, 0.25) is 0 Å². The van der Waals surface area contributed by atoms with Gasteiger partial charge in [0, 0.05) is 25.6 Å². The van der Waals surface area contributed by atoms with Gasteiger partial charge in [0.15, 0.2) is 5.82 Å². The molecule has 0 spiro atoms. The smallest absolute Gasteiger partial charge is 0.306 e. The molecule has 0 bridgehead atoms. The molecule has 0 aliphatic carbocycles. The molecular weight excluding hydrogens is 370 g/mol. The summed E-state index contributed by atoms with van der Waals surface area (Å²) in [6.07, 6.45) is 2.40. The van der Waals surface area contributed by atoms with E-state index >= 15 is 0 Å². The molecule has 1 aliphatic rings. The van der Waals surface area contributed by atoms with Gasteiger partial charge < -0.3 is 14.4 Å². The fourth-order valence-corrected chi connectivity index (χ4v) is 2.98. The van der Waals surface area contributed by atoms with Crippen LogP contribution in [0.15, 0.2) is 35.4 Å². The highest BCUT2D eigenvalue weighted by Crippen LogP contribution is 2.18. The Labute approximate surface area is 171 Å². The van der Waals surface area contributed by atoms with Crippen LogP contribution in [0.25, 0.3) is 0 Å². The first-order chi connectivity index (χ1) is 14.1. The second-order valence-corrected chi connectivity index (χ2v) is 6.72. The second-order valence-electron chi connectivity index (χ2n) is 6.72. The van der Waals surface area contributed by atoms with Gasteiger partial charge in [-0.1, -0.05) is 29.8 Å².